The van der Waals surface area contributed by atoms with Crippen molar-refractivity contribution in [3.05, 3.63) is 93.8 Å². The molecule has 8 N–H and O–H groups in total. The quantitative estimate of drug-likeness (QED) is 0.267. The summed E-state index contributed by atoms with van der Waals surface area (Å²) in [7, 11) is 0. The van der Waals surface area contributed by atoms with Crippen LogP contribution in [0.2, 0.25) is 0 Å². The van der Waals surface area contributed by atoms with Gasteiger partial charge in [-0.05, 0) is 41.8 Å². The van der Waals surface area contributed by atoms with E-state index in [0.717, 1.165) is 0 Å². The maximum absolute atomic E-state index is 14.0. The molecule has 3 aliphatic rings. The minimum absolute atomic E-state index is 0.119. The zero-order valence-electron chi connectivity index (χ0n) is 20.1. The monoisotopic (exact) mass is 531 g/mol. The fraction of sp³-hybridized carbons (Fsp3) is 0.214. The average Bonchev–Trinajstić information content (AvgIpc) is 2.90. The number of rotatable bonds is 2. The number of fused-ring (bicyclic) bond motifs is 4. The van der Waals surface area contributed by atoms with Crippen molar-refractivity contribution in [2.45, 2.75) is 24.0 Å². The normalized spacial score (nSPS) is 28.3. The minimum atomic E-state index is -2.84. The number of aliphatic hydroxyl groups excluding tert-OH is 2. The van der Waals surface area contributed by atoms with Gasteiger partial charge in [0.2, 0.25) is 5.78 Å². The van der Waals surface area contributed by atoms with Gasteiger partial charge in [-0.3, -0.25) is 19.4 Å². The van der Waals surface area contributed by atoms with Crippen LogP contribution >= 0.6 is 0 Å². The molecule has 11 heteroatoms. The van der Waals surface area contributed by atoms with Crippen molar-refractivity contribution in [3.8, 4) is 5.75 Å². The van der Waals surface area contributed by atoms with Crippen LogP contribution in [0.5, 0.6) is 5.75 Å². The number of primary amides is 1. The van der Waals surface area contributed by atoms with Crippen LogP contribution in [0.25, 0.3) is 10.9 Å². The average molecular weight is 531 g/mol. The molecule has 3 aromatic rings. The lowest BCUT2D eigenvalue weighted by molar-refractivity contribution is -0.145. The maximum Gasteiger partial charge on any atom is 0.255 e. The molecule has 10 nitrogen and oxygen atoms in total. The fourth-order valence-corrected chi connectivity index (χ4v) is 6.43. The Morgan fingerprint density at radius 1 is 1.10 bits per heavy atom. The maximum atomic E-state index is 14.0. The van der Waals surface area contributed by atoms with Gasteiger partial charge in [-0.1, -0.05) is 18.2 Å². The summed E-state index contributed by atoms with van der Waals surface area (Å²) >= 11 is 0. The highest BCUT2D eigenvalue weighted by Gasteiger charge is 2.63. The van der Waals surface area contributed by atoms with E-state index < -0.39 is 75.5 Å². The minimum Gasteiger partial charge on any atom is -0.510 e. The number of nitrogens with two attached hydrogens (primary N) is 2. The molecule has 1 amide bonds. The molecule has 3 aliphatic carbocycles. The van der Waals surface area contributed by atoms with Crippen LogP contribution in [0.1, 0.15) is 33.8 Å². The largest absolute Gasteiger partial charge is 0.510 e. The summed E-state index contributed by atoms with van der Waals surface area (Å²) in [6, 6.07) is 8.97. The first-order valence-electron chi connectivity index (χ1n) is 12.1. The number of aromatic hydroxyl groups is 1. The van der Waals surface area contributed by atoms with Gasteiger partial charge in [-0.15, -0.1) is 0 Å². The molecule has 1 heterocycles. The lowest BCUT2D eigenvalue weighted by atomic mass is 9.55. The highest BCUT2D eigenvalue weighted by Crippen LogP contribution is 2.56. The first kappa shape index (κ1) is 24.7. The summed E-state index contributed by atoms with van der Waals surface area (Å²) in [5, 5.41) is 45.4. The van der Waals surface area contributed by atoms with Gasteiger partial charge in [0.1, 0.15) is 28.4 Å². The van der Waals surface area contributed by atoms with Crippen LogP contribution in [0.3, 0.4) is 0 Å². The van der Waals surface area contributed by atoms with E-state index in [1.54, 1.807) is 18.2 Å². The van der Waals surface area contributed by atoms with E-state index in [2.05, 4.69) is 4.98 Å². The molecule has 6 rings (SSSR count). The predicted molar refractivity (Wildman–Crippen MR) is 134 cm³/mol. The third-order valence-electron chi connectivity index (χ3n) is 8.19. The molecule has 0 saturated carbocycles. The number of halogens is 1. The lowest BCUT2D eigenvalue weighted by Gasteiger charge is -2.49. The molecular formula is C28H22FN3O7. The number of hydrogen-bond donors (Lipinski definition) is 6. The van der Waals surface area contributed by atoms with Crippen LogP contribution in [-0.2, 0) is 9.59 Å². The van der Waals surface area contributed by atoms with E-state index in [-0.39, 0.29) is 23.1 Å². The van der Waals surface area contributed by atoms with Crippen molar-refractivity contribution in [3.63, 3.8) is 0 Å². The number of ketones is 2. The number of aromatic nitrogens is 1. The Balaban J connectivity index is 1.68. The van der Waals surface area contributed by atoms with E-state index in [4.69, 9.17) is 11.5 Å². The SMILES string of the molecule is NC(=O)C1=C(O)[C@@H](N)[C@@H]2C[C@H]3C(=C(O)[C@]2(O)C1=O)C(=O)c1c(cc2cccnc2c1O)[C@@H]3c1ccc(F)cc1. The number of amides is 1. The number of nitrogens with zero attached hydrogens (tertiary/aromatic N) is 1. The topological polar surface area (TPSA) is 197 Å². The number of allylic oxidation sites excluding steroid dienone is 1. The van der Waals surface area contributed by atoms with Crippen LogP contribution in [0.4, 0.5) is 4.39 Å². The summed E-state index contributed by atoms with van der Waals surface area (Å²) < 4.78 is 13.9. The number of benzene rings is 2. The van der Waals surface area contributed by atoms with Crippen molar-refractivity contribution in [1.82, 2.24) is 4.98 Å². The van der Waals surface area contributed by atoms with E-state index in [9.17, 15) is 39.2 Å². The molecule has 0 unspecified atom stereocenters. The Morgan fingerprint density at radius 3 is 2.46 bits per heavy atom. The van der Waals surface area contributed by atoms with Gasteiger partial charge >= 0.3 is 0 Å². The Bertz CT molecular complexity index is 1700. The molecule has 0 saturated heterocycles. The van der Waals surface area contributed by atoms with Gasteiger partial charge in [0, 0.05) is 34.9 Å². The van der Waals surface area contributed by atoms with Crippen LogP contribution in [-0.4, -0.2) is 54.5 Å². The number of pyridine rings is 1. The van der Waals surface area contributed by atoms with Crippen LogP contribution < -0.4 is 11.5 Å². The molecule has 0 bridgehead atoms. The predicted octanol–water partition coefficient (Wildman–Crippen LogP) is 1.79. The van der Waals surface area contributed by atoms with Gasteiger partial charge in [0.25, 0.3) is 5.91 Å². The zero-order chi connectivity index (χ0) is 28.0. The van der Waals surface area contributed by atoms with Crippen molar-refractivity contribution < 1.29 is 39.2 Å². The molecule has 0 spiro atoms. The third-order valence-corrected chi connectivity index (χ3v) is 8.19. The molecule has 0 aliphatic heterocycles. The standard InChI is InChI=1S/C28H22FN3O7/c29-12-5-3-10(4-6-12)16-13-8-11-2-1-7-32-21(11)24(35)17(13)22(33)18-14(16)9-15-20(30)23(34)19(27(31)38)26(37)28(15,39)25(18)36/h1-8,14-16,20,34-36,39H,9,30H2,(H2,31,38)/t14-,15+,16+,20+,28+/m1/s1. The second-order valence-electron chi connectivity index (χ2n) is 10.1. The summed E-state index contributed by atoms with van der Waals surface area (Å²) in [4.78, 5) is 43.4. The molecule has 0 fully saturated rings. The molecule has 39 heavy (non-hydrogen) atoms. The molecule has 198 valence electrons. The second kappa shape index (κ2) is 8.19. The molecule has 0 radical (unpaired) electrons. The third kappa shape index (κ3) is 3.14. The number of phenols is 1. The van der Waals surface area contributed by atoms with E-state index in [0.29, 0.717) is 16.5 Å². The first-order valence-corrected chi connectivity index (χ1v) is 12.1. The summed E-state index contributed by atoms with van der Waals surface area (Å²) in [5.41, 5.74) is 8.07. The van der Waals surface area contributed by atoms with Gasteiger partial charge < -0.3 is 31.9 Å². The summed E-state index contributed by atoms with van der Waals surface area (Å²) in [6.45, 7) is 0. The lowest BCUT2D eigenvalue weighted by Crippen LogP contribution is -2.63. The number of hydrogen-bond acceptors (Lipinski definition) is 9. The van der Waals surface area contributed by atoms with E-state index >= 15 is 0 Å². The Morgan fingerprint density at radius 2 is 1.79 bits per heavy atom. The van der Waals surface area contributed by atoms with Gasteiger partial charge in [-0.25, -0.2) is 4.39 Å². The highest BCUT2D eigenvalue weighted by molar-refractivity contribution is 6.25. The van der Waals surface area contributed by atoms with Crippen molar-refractivity contribution in [1.29, 1.82) is 0 Å². The second-order valence-corrected chi connectivity index (χ2v) is 10.1. The van der Waals surface area contributed by atoms with E-state index in [1.807, 2.05) is 0 Å². The number of phenolic OH excluding ortho intramolecular Hbond substituents is 1. The van der Waals surface area contributed by atoms with Crippen molar-refractivity contribution in [2.24, 2.45) is 23.3 Å². The highest BCUT2D eigenvalue weighted by atomic mass is 19.1. The Kier molecular flexibility index (Phi) is 5.19. The number of aliphatic hydroxyl groups is 3. The molecule has 5 atom stereocenters. The Hall–Kier alpha value is -4.61. The first-order chi connectivity index (χ1) is 18.5. The Labute approximate surface area is 219 Å². The van der Waals surface area contributed by atoms with Gasteiger partial charge in [0.15, 0.2) is 17.1 Å². The summed E-state index contributed by atoms with van der Waals surface area (Å²) in [5.74, 6) is -9.50. The van der Waals surface area contributed by atoms with Gasteiger partial charge in [-0.2, -0.15) is 0 Å². The van der Waals surface area contributed by atoms with Crippen molar-refractivity contribution in [2.75, 3.05) is 0 Å². The summed E-state index contributed by atoms with van der Waals surface area (Å²) in [6.07, 6.45) is 1.23. The number of Topliss-reactive ketones (excluding diaryl/α,β-unsaturated/α-hetero) is 2. The zero-order valence-corrected chi connectivity index (χ0v) is 20.1. The molecular weight excluding hydrogens is 509 g/mol. The van der Waals surface area contributed by atoms with Crippen molar-refractivity contribution >= 4 is 28.4 Å². The van der Waals surface area contributed by atoms with Gasteiger partial charge in [0.05, 0.1) is 11.6 Å². The smallest absolute Gasteiger partial charge is 0.255 e. The molecule has 1 aromatic heterocycles. The van der Waals surface area contributed by atoms with Crippen LogP contribution in [0, 0.1) is 17.7 Å². The number of carbonyl (C=O) groups is 3. The van der Waals surface area contributed by atoms with E-state index in [1.165, 1.54) is 30.5 Å². The molecule has 2 aromatic carbocycles. The number of carbonyl (C=O) groups excluding carboxylic acids is 3. The fourth-order valence-electron chi connectivity index (χ4n) is 6.43. The van der Waals surface area contributed by atoms with Crippen LogP contribution in [0.15, 0.2) is 71.3 Å².